The van der Waals surface area contributed by atoms with Crippen molar-refractivity contribution in [1.82, 2.24) is 0 Å². The van der Waals surface area contributed by atoms with Gasteiger partial charge in [-0.3, -0.25) is 10.5 Å². The minimum Gasteiger partial charge on any atom is -0.252 e. The molecule has 0 aliphatic rings. The molecular formula is C14H32O4. The van der Waals surface area contributed by atoms with Gasteiger partial charge in [0.15, 0.2) is 0 Å². The van der Waals surface area contributed by atoms with Crippen molar-refractivity contribution in [2.24, 2.45) is 11.8 Å². The van der Waals surface area contributed by atoms with Crippen molar-refractivity contribution in [1.29, 1.82) is 0 Å². The lowest BCUT2D eigenvalue weighted by molar-refractivity contribution is -0.288. The van der Waals surface area contributed by atoms with Crippen LogP contribution in [0.5, 0.6) is 0 Å². The van der Waals surface area contributed by atoms with Gasteiger partial charge in [-0.2, -0.15) is 0 Å². The number of hydrogen-bond donors (Lipinski definition) is 2. The van der Waals surface area contributed by atoms with Crippen LogP contribution in [-0.4, -0.2) is 22.7 Å². The van der Waals surface area contributed by atoms with E-state index in [2.05, 4.69) is 37.5 Å². The summed E-state index contributed by atoms with van der Waals surface area (Å²) in [5, 5.41) is 16.2. The van der Waals surface area contributed by atoms with Gasteiger partial charge in [0, 0.05) is 0 Å². The van der Waals surface area contributed by atoms with Crippen LogP contribution >= 0.6 is 0 Å². The van der Waals surface area contributed by atoms with Crippen LogP contribution in [0.25, 0.3) is 0 Å². The van der Waals surface area contributed by atoms with Gasteiger partial charge in [-0.05, 0) is 38.5 Å². The minimum absolute atomic E-state index is 0.197. The summed E-state index contributed by atoms with van der Waals surface area (Å²) in [6, 6.07) is 0. The van der Waals surface area contributed by atoms with Crippen molar-refractivity contribution in [2.75, 3.05) is 0 Å². The van der Waals surface area contributed by atoms with E-state index in [0.717, 1.165) is 11.8 Å². The molecule has 0 amide bonds. The predicted molar refractivity (Wildman–Crippen MR) is 74.5 cm³/mol. The molecule has 2 unspecified atom stereocenters. The highest BCUT2D eigenvalue weighted by molar-refractivity contribution is 4.53. The highest BCUT2D eigenvalue weighted by Crippen LogP contribution is 2.09. The molecule has 18 heavy (non-hydrogen) atoms. The third kappa shape index (κ3) is 18.2. The zero-order chi connectivity index (χ0) is 14.6. The van der Waals surface area contributed by atoms with Gasteiger partial charge in [-0.15, -0.1) is 0 Å². The van der Waals surface area contributed by atoms with E-state index < -0.39 is 0 Å². The van der Waals surface area contributed by atoms with E-state index in [9.17, 15) is 0 Å². The van der Waals surface area contributed by atoms with E-state index in [1.54, 1.807) is 13.8 Å². The molecule has 0 spiro atoms. The summed E-state index contributed by atoms with van der Waals surface area (Å²) in [6.45, 7) is 12.6. The van der Waals surface area contributed by atoms with E-state index in [4.69, 9.17) is 10.5 Å². The summed E-state index contributed by atoms with van der Waals surface area (Å²) in [5.74, 6) is 1.77. The molecule has 4 heteroatoms. The summed E-state index contributed by atoms with van der Waals surface area (Å²) < 4.78 is 0. The van der Waals surface area contributed by atoms with Crippen LogP contribution in [-0.2, 0) is 9.78 Å². The Hall–Kier alpha value is -0.160. The molecule has 0 aliphatic heterocycles. The number of rotatable bonds is 8. The Kier molecular flexibility index (Phi) is 14.9. The lowest BCUT2D eigenvalue weighted by Gasteiger charge is -2.09. The molecule has 2 N–H and O–H groups in total. The van der Waals surface area contributed by atoms with E-state index in [1.807, 2.05) is 0 Å². The molecule has 0 fully saturated rings. The molecule has 0 saturated heterocycles. The number of hydrogen-bond acceptors (Lipinski definition) is 4. The van der Waals surface area contributed by atoms with E-state index in [-0.39, 0.29) is 12.2 Å². The lowest BCUT2D eigenvalue weighted by Crippen LogP contribution is -2.11. The largest absolute Gasteiger partial charge is 0.252 e. The molecular weight excluding hydrogens is 232 g/mol. The van der Waals surface area contributed by atoms with E-state index >= 15 is 0 Å². The average molecular weight is 264 g/mol. The summed E-state index contributed by atoms with van der Waals surface area (Å²) >= 11 is 0. The normalized spacial score (nSPS) is 14.3. The zero-order valence-corrected chi connectivity index (χ0v) is 12.8. The van der Waals surface area contributed by atoms with Crippen molar-refractivity contribution in [2.45, 2.75) is 79.4 Å². The zero-order valence-electron chi connectivity index (χ0n) is 12.8. The van der Waals surface area contributed by atoms with Gasteiger partial charge in [0.1, 0.15) is 0 Å². The quantitative estimate of drug-likeness (QED) is 0.497. The molecule has 4 nitrogen and oxygen atoms in total. The standard InChI is InChI=1S/C8H18.C6H14O4/c1-7(2)5-6-8(3)4;1-5(9-7)3-4-6(2)10-8/h7-8H,5-6H2,1-4H3;5-8H,3-4H2,1-2H3. The first-order chi connectivity index (χ1) is 8.33. The molecule has 0 bridgehead atoms. The van der Waals surface area contributed by atoms with Crippen LogP contribution in [0.3, 0.4) is 0 Å². The Balaban J connectivity index is 0. The smallest absolute Gasteiger partial charge is 0.0900 e. The SMILES string of the molecule is CC(C)CCC(C)C.CC(CCC(C)OO)OO. The first kappa shape index (κ1) is 20.2. The van der Waals surface area contributed by atoms with Crippen LogP contribution in [0.4, 0.5) is 0 Å². The van der Waals surface area contributed by atoms with Crippen LogP contribution < -0.4 is 0 Å². The molecule has 0 heterocycles. The topological polar surface area (TPSA) is 58.9 Å². The van der Waals surface area contributed by atoms with Crippen LogP contribution in [0.2, 0.25) is 0 Å². The summed E-state index contributed by atoms with van der Waals surface area (Å²) in [6.07, 6.45) is 3.71. The predicted octanol–water partition coefficient (Wildman–Crippen LogP) is 4.60. The van der Waals surface area contributed by atoms with Gasteiger partial charge < -0.3 is 0 Å². The molecule has 0 aromatic heterocycles. The average Bonchev–Trinajstić information content (AvgIpc) is 2.33. The van der Waals surface area contributed by atoms with E-state index in [1.165, 1.54) is 12.8 Å². The second-order valence-electron chi connectivity index (χ2n) is 5.77. The second kappa shape index (κ2) is 13.3. The van der Waals surface area contributed by atoms with Crippen molar-refractivity contribution in [3.63, 3.8) is 0 Å². The van der Waals surface area contributed by atoms with Gasteiger partial charge in [0.05, 0.1) is 12.2 Å². The van der Waals surface area contributed by atoms with Crippen molar-refractivity contribution < 1.29 is 20.3 Å². The monoisotopic (exact) mass is 264 g/mol. The van der Waals surface area contributed by atoms with Crippen molar-refractivity contribution >= 4 is 0 Å². The Labute approximate surface area is 112 Å². The fourth-order valence-corrected chi connectivity index (χ4v) is 1.24. The first-order valence-electron chi connectivity index (χ1n) is 6.93. The minimum atomic E-state index is -0.197. The molecule has 112 valence electrons. The fourth-order valence-electron chi connectivity index (χ4n) is 1.24. The lowest BCUT2D eigenvalue weighted by atomic mass is 10.0. The van der Waals surface area contributed by atoms with Crippen LogP contribution in [0.15, 0.2) is 0 Å². The Morgan fingerprint density at radius 1 is 0.611 bits per heavy atom. The molecule has 2 atom stereocenters. The molecule has 0 aliphatic carbocycles. The first-order valence-corrected chi connectivity index (χ1v) is 6.93. The molecule has 0 rings (SSSR count). The third-order valence-electron chi connectivity index (χ3n) is 2.66. The molecule has 0 aromatic rings. The van der Waals surface area contributed by atoms with E-state index in [0.29, 0.717) is 12.8 Å². The Bertz CT molecular complexity index is 142. The maximum Gasteiger partial charge on any atom is 0.0900 e. The maximum atomic E-state index is 8.12. The highest BCUT2D eigenvalue weighted by atomic mass is 17.1. The van der Waals surface area contributed by atoms with Crippen molar-refractivity contribution in [3.05, 3.63) is 0 Å². The van der Waals surface area contributed by atoms with Gasteiger partial charge in [0.2, 0.25) is 0 Å². The molecule has 0 saturated carbocycles. The molecule has 0 aromatic carbocycles. The summed E-state index contributed by atoms with van der Waals surface area (Å²) in [7, 11) is 0. The summed E-state index contributed by atoms with van der Waals surface area (Å²) in [5.41, 5.74) is 0. The van der Waals surface area contributed by atoms with Gasteiger partial charge in [-0.1, -0.05) is 40.5 Å². The highest BCUT2D eigenvalue weighted by Gasteiger charge is 2.05. The molecule has 0 radical (unpaired) electrons. The second-order valence-corrected chi connectivity index (χ2v) is 5.77. The van der Waals surface area contributed by atoms with Gasteiger partial charge >= 0.3 is 0 Å². The van der Waals surface area contributed by atoms with Gasteiger partial charge in [-0.25, -0.2) is 9.78 Å². The Morgan fingerprint density at radius 2 is 0.889 bits per heavy atom. The van der Waals surface area contributed by atoms with Crippen LogP contribution in [0.1, 0.15) is 67.2 Å². The summed E-state index contributed by atoms with van der Waals surface area (Å²) in [4.78, 5) is 8.02. The Morgan fingerprint density at radius 3 is 1.06 bits per heavy atom. The van der Waals surface area contributed by atoms with Crippen molar-refractivity contribution in [3.8, 4) is 0 Å². The third-order valence-corrected chi connectivity index (χ3v) is 2.66. The maximum absolute atomic E-state index is 8.12. The van der Waals surface area contributed by atoms with Gasteiger partial charge in [0.25, 0.3) is 0 Å². The fraction of sp³-hybridized carbons (Fsp3) is 1.00. The van der Waals surface area contributed by atoms with Crippen LogP contribution in [0, 0.1) is 11.8 Å².